The zero-order chi connectivity index (χ0) is 9.53. The van der Waals surface area contributed by atoms with E-state index in [4.69, 9.17) is 0 Å². The Morgan fingerprint density at radius 2 is 1.69 bits per heavy atom. The van der Waals surface area contributed by atoms with Gasteiger partial charge in [-0.2, -0.15) is 13.2 Å². The maximum absolute atomic E-state index is 12.4. The van der Waals surface area contributed by atoms with Crippen LogP contribution < -0.4 is 0 Å². The molecule has 0 aromatic heterocycles. The maximum atomic E-state index is 12.4. The van der Waals surface area contributed by atoms with Crippen LogP contribution in [0.3, 0.4) is 0 Å². The third-order valence-electron chi connectivity index (χ3n) is 1.82. The predicted molar refractivity (Wildman–Crippen MR) is 37.9 cm³/mol. The fourth-order valence-electron chi connectivity index (χ4n) is 1.06. The van der Waals surface area contributed by atoms with Crippen LogP contribution in [0, 0.1) is 6.07 Å². The highest BCUT2D eigenvalue weighted by Crippen LogP contribution is 2.51. The van der Waals surface area contributed by atoms with Gasteiger partial charge in [0.1, 0.15) is 0 Å². The van der Waals surface area contributed by atoms with Crippen LogP contribution in [0.15, 0.2) is 34.5 Å². The molecule has 0 saturated heterocycles. The lowest BCUT2D eigenvalue weighted by Gasteiger charge is -2.13. The normalized spacial score (nSPS) is 18.7. The minimum atomic E-state index is -4.44. The summed E-state index contributed by atoms with van der Waals surface area (Å²) in [6.45, 7) is 0. The Labute approximate surface area is 72.1 Å². The Hall–Kier alpha value is -1.39. The van der Waals surface area contributed by atoms with Crippen molar-refractivity contribution in [1.82, 2.24) is 0 Å². The second-order valence-electron chi connectivity index (χ2n) is 2.66. The first-order valence-corrected chi connectivity index (χ1v) is 3.54. The number of hydrogen-bond donors (Lipinski definition) is 0. The van der Waals surface area contributed by atoms with Crippen molar-refractivity contribution in [3.05, 3.63) is 35.9 Å². The van der Waals surface area contributed by atoms with E-state index in [0.29, 0.717) is 0 Å². The van der Waals surface area contributed by atoms with Crippen LogP contribution in [0.25, 0.3) is 0 Å². The average Bonchev–Trinajstić information content (AvgIpc) is 2.84. The molecular formula is C8H4F3N2. The molecule has 2 nitrogen and oxygen atoms in total. The van der Waals surface area contributed by atoms with E-state index in [1.54, 1.807) is 0 Å². The quantitative estimate of drug-likeness (QED) is 0.642. The molecule has 0 spiro atoms. The molecule has 0 saturated carbocycles. The fourth-order valence-corrected chi connectivity index (χ4v) is 1.06. The molecule has 1 radical (unpaired) electrons. The van der Waals surface area contributed by atoms with Crippen LogP contribution in [0.1, 0.15) is 5.56 Å². The van der Waals surface area contributed by atoms with Gasteiger partial charge in [-0.1, -0.05) is 24.3 Å². The molecule has 1 heterocycles. The van der Waals surface area contributed by atoms with Gasteiger partial charge < -0.3 is 0 Å². The first-order valence-electron chi connectivity index (χ1n) is 3.54. The standard InChI is InChI=1S/C8H4F3N2/c9-8(10,11)7(12-13-7)6-4-2-1-3-5-6/h2-5H. The smallest absolute Gasteiger partial charge is 0.166 e. The molecule has 0 aliphatic carbocycles. The summed E-state index contributed by atoms with van der Waals surface area (Å²) in [5.74, 6) is 0. The molecule has 67 valence electrons. The zero-order valence-electron chi connectivity index (χ0n) is 6.34. The summed E-state index contributed by atoms with van der Waals surface area (Å²) in [7, 11) is 0. The predicted octanol–water partition coefficient (Wildman–Crippen LogP) is 2.67. The SMILES string of the molecule is FC(F)(F)C1(c2cc[c]cc2)N=N1. The van der Waals surface area contributed by atoms with Crippen LogP contribution in [0.5, 0.6) is 0 Å². The fraction of sp³-hybridized carbons (Fsp3) is 0.250. The van der Waals surface area contributed by atoms with E-state index in [9.17, 15) is 13.2 Å². The monoisotopic (exact) mass is 185 g/mol. The largest absolute Gasteiger partial charge is 0.442 e. The topological polar surface area (TPSA) is 24.7 Å². The van der Waals surface area contributed by atoms with Gasteiger partial charge in [0, 0.05) is 5.56 Å². The molecule has 0 fully saturated rings. The zero-order valence-corrected chi connectivity index (χ0v) is 6.34. The van der Waals surface area contributed by atoms with Crippen LogP contribution in [0.4, 0.5) is 13.2 Å². The molecule has 13 heavy (non-hydrogen) atoms. The lowest BCUT2D eigenvalue weighted by Crippen LogP contribution is -2.29. The minimum absolute atomic E-state index is 0.0405. The van der Waals surface area contributed by atoms with Gasteiger partial charge in [-0.3, -0.25) is 0 Å². The Balaban J connectivity index is 2.38. The third kappa shape index (κ3) is 1.11. The van der Waals surface area contributed by atoms with Crippen LogP contribution >= 0.6 is 0 Å². The van der Waals surface area contributed by atoms with E-state index < -0.39 is 11.8 Å². The Kier molecular flexibility index (Phi) is 1.46. The van der Waals surface area contributed by atoms with Crippen molar-refractivity contribution in [2.24, 2.45) is 10.2 Å². The number of hydrogen-bond acceptors (Lipinski definition) is 2. The van der Waals surface area contributed by atoms with Crippen LogP contribution in [-0.4, -0.2) is 6.18 Å². The van der Waals surface area contributed by atoms with Crippen molar-refractivity contribution < 1.29 is 13.2 Å². The van der Waals surface area contributed by atoms with E-state index in [1.807, 2.05) is 0 Å². The third-order valence-corrected chi connectivity index (χ3v) is 1.82. The van der Waals surface area contributed by atoms with Gasteiger partial charge in [-0.15, -0.1) is 10.2 Å². The minimum Gasteiger partial charge on any atom is -0.166 e. The highest BCUT2D eigenvalue weighted by atomic mass is 19.4. The van der Waals surface area contributed by atoms with Gasteiger partial charge in [0.25, 0.3) is 0 Å². The van der Waals surface area contributed by atoms with Gasteiger partial charge >= 0.3 is 11.8 Å². The number of rotatable bonds is 1. The molecule has 2 rings (SSSR count). The summed E-state index contributed by atoms with van der Waals surface area (Å²) in [6, 6.07) is 8.08. The van der Waals surface area contributed by atoms with Crippen LogP contribution in [-0.2, 0) is 5.66 Å². The van der Waals surface area contributed by atoms with Crippen molar-refractivity contribution >= 4 is 0 Å². The lowest BCUT2D eigenvalue weighted by molar-refractivity contribution is -0.166. The van der Waals surface area contributed by atoms with Crippen molar-refractivity contribution in [1.29, 1.82) is 0 Å². The Morgan fingerprint density at radius 3 is 2.08 bits per heavy atom. The highest BCUT2D eigenvalue weighted by molar-refractivity contribution is 5.28. The summed E-state index contributed by atoms with van der Waals surface area (Å²) in [5, 5.41) is 6.12. The van der Waals surface area contributed by atoms with E-state index >= 15 is 0 Å². The summed E-state index contributed by atoms with van der Waals surface area (Å²) in [5.41, 5.74) is -2.25. The summed E-state index contributed by atoms with van der Waals surface area (Å²) in [4.78, 5) is 0. The molecule has 0 bridgehead atoms. The van der Waals surface area contributed by atoms with Crippen molar-refractivity contribution in [3.63, 3.8) is 0 Å². The molecule has 0 atom stereocenters. The maximum Gasteiger partial charge on any atom is 0.442 e. The van der Waals surface area contributed by atoms with Crippen molar-refractivity contribution in [2.45, 2.75) is 11.8 Å². The molecule has 0 unspecified atom stereocenters. The van der Waals surface area contributed by atoms with E-state index in [1.165, 1.54) is 24.3 Å². The molecule has 1 aromatic carbocycles. The van der Waals surface area contributed by atoms with Gasteiger partial charge in [0.15, 0.2) is 0 Å². The molecule has 1 aromatic rings. The van der Waals surface area contributed by atoms with Gasteiger partial charge in [0.05, 0.1) is 0 Å². The molecule has 0 amide bonds. The number of alkyl halides is 3. The summed E-state index contributed by atoms with van der Waals surface area (Å²) < 4.78 is 37.2. The van der Waals surface area contributed by atoms with Crippen LogP contribution in [0.2, 0.25) is 0 Å². The summed E-state index contributed by atoms with van der Waals surface area (Å²) >= 11 is 0. The number of benzene rings is 1. The second-order valence-corrected chi connectivity index (χ2v) is 2.66. The first-order chi connectivity index (χ1) is 6.06. The van der Waals surface area contributed by atoms with Gasteiger partial charge in [0.2, 0.25) is 0 Å². The van der Waals surface area contributed by atoms with Gasteiger partial charge in [-0.05, 0) is 6.07 Å². The summed E-state index contributed by atoms with van der Waals surface area (Å²) in [6.07, 6.45) is -4.44. The molecular weight excluding hydrogens is 181 g/mol. The average molecular weight is 185 g/mol. The Morgan fingerprint density at radius 1 is 1.15 bits per heavy atom. The first kappa shape index (κ1) is 8.22. The van der Waals surface area contributed by atoms with Gasteiger partial charge in [-0.25, -0.2) is 0 Å². The lowest BCUT2D eigenvalue weighted by atomic mass is 10.0. The van der Waals surface area contributed by atoms with E-state index in [-0.39, 0.29) is 5.56 Å². The molecule has 5 heteroatoms. The molecule has 1 aliphatic heterocycles. The van der Waals surface area contributed by atoms with E-state index in [2.05, 4.69) is 16.3 Å². The van der Waals surface area contributed by atoms with Crippen molar-refractivity contribution in [3.8, 4) is 0 Å². The van der Waals surface area contributed by atoms with E-state index in [0.717, 1.165) is 0 Å². The molecule has 1 aliphatic rings. The highest BCUT2D eigenvalue weighted by Gasteiger charge is 2.65. The van der Waals surface area contributed by atoms with Crippen molar-refractivity contribution in [2.75, 3.05) is 0 Å². The molecule has 0 N–H and O–H groups in total. The number of halogens is 3. The number of nitrogens with zero attached hydrogens (tertiary/aromatic N) is 2. The second kappa shape index (κ2) is 2.31. The Bertz CT molecular complexity index is 336.